The Morgan fingerprint density at radius 1 is 1.28 bits per heavy atom. The predicted molar refractivity (Wildman–Crippen MR) is 78.6 cm³/mol. The lowest BCUT2D eigenvalue weighted by Gasteiger charge is -2.26. The largest absolute Gasteiger partial charge is 0.350 e. The summed E-state index contributed by atoms with van der Waals surface area (Å²) in [6.45, 7) is 4.47. The zero-order valence-electron chi connectivity index (χ0n) is 11.2. The van der Waals surface area contributed by atoms with Crippen molar-refractivity contribution in [3.8, 4) is 0 Å². The van der Waals surface area contributed by atoms with Crippen molar-refractivity contribution >= 4 is 21.8 Å². The number of rotatable bonds is 6. The Morgan fingerprint density at radius 3 is 2.44 bits per heavy atom. The van der Waals surface area contributed by atoms with E-state index in [-0.39, 0.29) is 11.4 Å². The highest BCUT2D eigenvalue weighted by Gasteiger charge is 2.19. The van der Waals surface area contributed by atoms with Crippen LogP contribution in [0.2, 0.25) is 0 Å². The van der Waals surface area contributed by atoms with Crippen LogP contribution in [-0.2, 0) is 11.2 Å². The average Bonchev–Trinajstić information content (AvgIpc) is 2.28. The van der Waals surface area contributed by atoms with Crippen molar-refractivity contribution in [1.82, 2.24) is 10.6 Å². The molecule has 0 saturated carbocycles. The van der Waals surface area contributed by atoms with E-state index in [2.05, 4.69) is 52.5 Å². The molecule has 0 bridgehead atoms. The van der Waals surface area contributed by atoms with Gasteiger partial charge in [-0.15, -0.1) is 0 Å². The van der Waals surface area contributed by atoms with E-state index < -0.39 is 0 Å². The maximum absolute atomic E-state index is 11.5. The molecule has 0 fully saturated rings. The van der Waals surface area contributed by atoms with E-state index in [9.17, 15) is 4.79 Å². The van der Waals surface area contributed by atoms with Gasteiger partial charge in [-0.05, 0) is 51.4 Å². The molecule has 1 aromatic rings. The maximum atomic E-state index is 11.5. The second-order valence-corrected chi connectivity index (χ2v) is 6.00. The van der Waals surface area contributed by atoms with Gasteiger partial charge in [-0.1, -0.05) is 28.1 Å². The van der Waals surface area contributed by atoms with Crippen LogP contribution < -0.4 is 10.6 Å². The van der Waals surface area contributed by atoms with E-state index >= 15 is 0 Å². The minimum absolute atomic E-state index is 0.0401. The molecule has 2 N–H and O–H groups in total. The fraction of sp³-hybridized carbons (Fsp3) is 0.500. The van der Waals surface area contributed by atoms with Gasteiger partial charge in [0.15, 0.2) is 0 Å². The molecule has 18 heavy (non-hydrogen) atoms. The van der Waals surface area contributed by atoms with Gasteiger partial charge in [-0.3, -0.25) is 4.79 Å². The molecule has 100 valence electrons. The SMILES string of the molecule is CNCC(=O)NC(C)(C)CCc1ccc(Br)cc1. The van der Waals surface area contributed by atoms with Crippen LogP contribution in [0.15, 0.2) is 28.7 Å². The molecule has 0 radical (unpaired) electrons. The van der Waals surface area contributed by atoms with Crippen molar-refractivity contribution in [2.45, 2.75) is 32.2 Å². The number of likely N-dealkylation sites (N-methyl/N-ethyl adjacent to an activating group) is 1. The number of nitrogens with one attached hydrogen (secondary N) is 2. The lowest BCUT2D eigenvalue weighted by atomic mass is 9.95. The van der Waals surface area contributed by atoms with Gasteiger partial charge < -0.3 is 10.6 Å². The van der Waals surface area contributed by atoms with Crippen LogP contribution in [0.25, 0.3) is 0 Å². The zero-order chi connectivity index (χ0) is 13.6. The second-order valence-electron chi connectivity index (χ2n) is 5.09. The van der Waals surface area contributed by atoms with E-state index in [1.165, 1.54) is 5.56 Å². The normalized spacial score (nSPS) is 11.3. The van der Waals surface area contributed by atoms with Gasteiger partial charge in [0.2, 0.25) is 5.91 Å². The molecule has 4 heteroatoms. The van der Waals surface area contributed by atoms with E-state index in [1.807, 2.05) is 12.1 Å². The number of halogens is 1. The molecule has 0 unspecified atom stereocenters. The summed E-state index contributed by atoms with van der Waals surface area (Å²) < 4.78 is 1.09. The van der Waals surface area contributed by atoms with Gasteiger partial charge in [0.05, 0.1) is 6.54 Å². The number of hydrogen-bond acceptors (Lipinski definition) is 2. The Balaban J connectivity index is 2.45. The molecule has 0 saturated heterocycles. The first-order valence-electron chi connectivity index (χ1n) is 6.13. The molecule has 0 heterocycles. The Bertz CT molecular complexity index is 387. The Kier molecular flexibility index (Phi) is 5.82. The highest BCUT2D eigenvalue weighted by Crippen LogP contribution is 2.16. The molecule has 1 aromatic carbocycles. The van der Waals surface area contributed by atoms with E-state index in [0.717, 1.165) is 17.3 Å². The quantitative estimate of drug-likeness (QED) is 0.847. The number of carbonyl (C=O) groups is 1. The second kappa shape index (κ2) is 6.90. The minimum atomic E-state index is -0.180. The first-order chi connectivity index (χ1) is 8.43. The van der Waals surface area contributed by atoms with Crippen LogP contribution in [0.5, 0.6) is 0 Å². The van der Waals surface area contributed by atoms with Crippen LogP contribution >= 0.6 is 15.9 Å². The Labute approximate surface area is 117 Å². The number of aryl methyl sites for hydroxylation is 1. The first-order valence-corrected chi connectivity index (χ1v) is 6.92. The lowest BCUT2D eigenvalue weighted by Crippen LogP contribution is -2.46. The monoisotopic (exact) mass is 312 g/mol. The summed E-state index contributed by atoms with van der Waals surface area (Å²) in [7, 11) is 1.77. The molecular weight excluding hydrogens is 292 g/mol. The number of benzene rings is 1. The number of hydrogen-bond donors (Lipinski definition) is 2. The summed E-state index contributed by atoms with van der Waals surface area (Å²) in [6.07, 6.45) is 1.88. The van der Waals surface area contributed by atoms with Crippen LogP contribution in [0.1, 0.15) is 25.8 Å². The van der Waals surface area contributed by atoms with Gasteiger partial charge in [0.1, 0.15) is 0 Å². The molecule has 1 rings (SSSR count). The third kappa shape index (κ3) is 5.65. The zero-order valence-corrected chi connectivity index (χ0v) is 12.8. The third-order valence-electron chi connectivity index (χ3n) is 2.77. The van der Waals surface area contributed by atoms with Crippen LogP contribution in [0.3, 0.4) is 0 Å². The fourth-order valence-corrected chi connectivity index (χ4v) is 2.02. The van der Waals surface area contributed by atoms with Crippen molar-refractivity contribution in [2.75, 3.05) is 13.6 Å². The van der Waals surface area contributed by atoms with Crippen molar-refractivity contribution in [1.29, 1.82) is 0 Å². The molecular formula is C14H21BrN2O. The fourth-order valence-electron chi connectivity index (χ4n) is 1.75. The molecule has 0 aliphatic heterocycles. The van der Waals surface area contributed by atoms with Crippen LogP contribution in [-0.4, -0.2) is 25.0 Å². The van der Waals surface area contributed by atoms with Crippen molar-refractivity contribution < 1.29 is 4.79 Å². The highest BCUT2D eigenvalue weighted by molar-refractivity contribution is 9.10. The van der Waals surface area contributed by atoms with Gasteiger partial charge in [0, 0.05) is 10.0 Å². The lowest BCUT2D eigenvalue weighted by molar-refractivity contribution is -0.121. The maximum Gasteiger partial charge on any atom is 0.234 e. The summed E-state index contributed by atoms with van der Waals surface area (Å²) >= 11 is 3.42. The van der Waals surface area contributed by atoms with Gasteiger partial charge in [0.25, 0.3) is 0 Å². The van der Waals surface area contributed by atoms with E-state index in [4.69, 9.17) is 0 Å². The van der Waals surface area contributed by atoms with E-state index in [0.29, 0.717) is 6.54 Å². The molecule has 1 amide bonds. The van der Waals surface area contributed by atoms with Crippen LogP contribution in [0, 0.1) is 0 Å². The minimum Gasteiger partial charge on any atom is -0.350 e. The summed E-state index contributed by atoms with van der Waals surface area (Å²) in [4.78, 5) is 11.5. The standard InChI is InChI=1S/C14H21BrN2O/c1-14(2,17-13(18)10-16-3)9-8-11-4-6-12(15)7-5-11/h4-7,16H,8-10H2,1-3H3,(H,17,18). The molecule has 0 aliphatic carbocycles. The number of amides is 1. The summed E-state index contributed by atoms with van der Waals surface area (Å²) in [5.74, 6) is 0.0401. The van der Waals surface area contributed by atoms with Gasteiger partial charge >= 0.3 is 0 Å². The topological polar surface area (TPSA) is 41.1 Å². The summed E-state index contributed by atoms with van der Waals surface area (Å²) in [6, 6.07) is 8.30. The summed E-state index contributed by atoms with van der Waals surface area (Å²) in [5.41, 5.74) is 1.11. The number of carbonyl (C=O) groups excluding carboxylic acids is 1. The predicted octanol–water partition coefficient (Wildman–Crippen LogP) is 2.50. The highest BCUT2D eigenvalue weighted by atomic mass is 79.9. The summed E-state index contributed by atoms with van der Waals surface area (Å²) in [5, 5.41) is 5.88. The smallest absolute Gasteiger partial charge is 0.234 e. The molecule has 0 aliphatic rings. The van der Waals surface area contributed by atoms with Crippen LogP contribution in [0.4, 0.5) is 0 Å². The molecule has 0 atom stereocenters. The van der Waals surface area contributed by atoms with Crippen molar-refractivity contribution in [3.63, 3.8) is 0 Å². The average molecular weight is 313 g/mol. The van der Waals surface area contributed by atoms with Gasteiger partial charge in [-0.2, -0.15) is 0 Å². The van der Waals surface area contributed by atoms with Crippen molar-refractivity contribution in [3.05, 3.63) is 34.3 Å². The molecule has 0 spiro atoms. The first kappa shape index (κ1) is 15.2. The Morgan fingerprint density at radius 2 is 1.89 bits per heavy atom. The van der Waals surface area contributed by atoms with Gasteiger partial charge in [-0.25, -0.2) is 0 Å². The molecule has 3 nitrogen and oxygen atoms in total. The Hall–Kier alpha value is -0.870. The van der Waals surface area contributed by atoms with Crippen molar-refractivity contribution in [2.24, 2.45) is 0 Å². The van der Waals surface area contributed by atoms with E-state index in [1.54, 1.807) is 7.05 Å². The third-order valence-corrected chi connectivity index (χ3v) is 3.30. The molecule has 0 aromatic heterocycles.